The van der Waals surface area contributed by atoms with E-state index in [0.717, 1.165) is 55.9 Å². The van der Waals surface area contributed by atoms with Crippen molar-refractivity contribution in [1.29, 1.82) is 0 Å². The molecule has 0 radical (unpaired) electrons. The van der Waals surface area contributed by atoms with Crippen molar-refractivity contribution in [3.8, 4) is 78.4 Å². The lowest BCUT2D eigenvalue weighted by atomic mass is 9.89. The zero-order chi connectivity index (χ0) is 39.8. The molecule has 0 aliphatic carbocycles. The highest BCUT2D eigenvalue weighted by molar-refractivity contribution is 6.20. The summed E-state index contributed by atoms with van der Waals surface area (Å²) in [7, 11) is 0. The average Bonchev–Trinajstić information content (AvgIpc) is 3.34. The molecule has 60 heavy (non-hydrogen) atoms. The second-order valence-corrected chi connectivity index (χ2v) is 15.4. The predicted molar refractivity (Wildman–Crippen MR) is 253 cm³/mol. The lowest BCUT2D eigenvalue weighted by molar-refractivity contribution is 1.18. The first kappa shape index (κ1) is 35.2. The Morgan fingerprint density at radius 2 is 0.667 bits per heavy atom. The molecule has 2 nitrogen and oxygen atoms in total. The van der Waals surface area contributed by atoms with Gasteiger partial charge in [0.15, 0.2) is 5.82 Å². The van der Waals surface area contributed by atoms with E-state index in [2.05, 4.69) is 224 Å². The van der Waals surface area contributed by atoms with Crippen LogP contribution in [0.4, 0.5) is 0 Å². The molecule has 11 aromatic rings. The molecule has 0 amide bonds. The van der Waals surface area contributed by atoms with Crippen molar-refractivity contribution < 1.29 is 0 Å². The molecule has 1 aromatic heterocycles. The largest absolute Gasteiger partial charge is 0.228 e. The van der Waals surface area contributed by atoms with E-state index in [9.17, 15) is 0 Å². The second-order valence-electron chi connectivity index (χ2n) is 15.4. The fraction of sp³-hybridized carbons (Fsp3) is 0. The van der Waals surface area contributed by atoms with Crippen LogP contribution in [-0.2, 0) is 0 Å². The monoisotopic (exact) mass is 762 g/mol. The van der Waals surface area contributed by atoms with E-state index in [0.29, 0.717) is 5.82 Å². The van der Waals surface area contributed by atoms with E-state index >= 15 is 0 Å². The maximum absolute atomic E-state index is 5.32. The summed E-state index contributed by atoms with van der Waals surface area (Å²) in [5, 5.41) is 7.50. The smallest absolute Gasteiger partial charge is 0.160 e. The number of nitrogens with zero attached hydrogens (tertiary/aromatic N) is 2. The number of hydrogen-bond donors (Lipinski definition) is 0. The molecular formula is C58H38N2. The molecular weight excluding hydrogens is 725 g/mol. The van der Waals surface area contributed by atoms with Crippen LogP contribution in [0.5, 0.6) is 0 Å². The van der Waals surface area contributed by atoms with Crippen LogP contribution < -0.4 is 0 Å². The van der Waals surface area contributed by atoms with E-state index in [1.165, 1.54) is 49.0 Å². The Balaban J connectivity index is 1.07. The molecule has 0 unspecified atom stereocenters. The Kier molecular flexibility index (Phi) is 8.87. The first-order valence-electron chi connectivity index (χ1n) is 20.5. The summed E-state index contributed by atoms with van der Waals surface area (Å²) in [5.41, 5.74) is 14.1. The molecule has 0 spiro atoms. The van der Waals surface area contributed by atoms with Crippen molar-refractivity contribution in [2.24, 2.45) is 0 Å². The van der Waals surface area contributed by atoms with Crippen molar-refractivity contribution in [3.05, 3.63) is 231 Å². The van der Waals surface area contributed by atoms with Gasteiger partial charge in [0.1, 0.15) is 0 Å². The van der Waals surface area contributed by atoms with E-state index in [1.54, 1.807) is 0 Å². The fourth-order valence-corrected chi connectivity index (χ4v) is 8.62. The minimum atomic E-state index is 0.685. The van der Waals surface area contributed by atoms with Crippen LogP contribution in [0.2, 0.25) is 0 Å². The van der Waals surface area contributed by atoms with E-state index in [1.807, 2.05) is 6.07 Å². The predicted octanol–water partition coefficient (Wildman–Crippen LogP) is 15.6. The van der Waals surface area contributed by atoms with Crippen LogP contribution in [0.25, 0.3) is 111 Å². The number of aromatic nitrogens is 2. The molecule has 0 bridgehead atoms. The number of rotatable bonds is 7. The molecule has 0 N–H and O–H groups in total. The molecule has 280 valence electrons. The van der Waals surface area contributed by atoms with E-state index < -0.39 is 0 Å². The highest BCUT2D eigenvalue weighted by atomic mass is 14.9. The highest BCUT2D eigenvalue weighted by Gasteiger charge is 2.16. The first-order valence-corrected chi connectivity index (χ1v) is 20.5. The molecule has 0 fully saturated rings. The van der Waals surface area contributed by atoms with Gasteiger partial charge in [0.2, 0.25) is 0 Å². The van der Waals surface area contributed by atoms with Crippen LogP contribution in [0.1, 0.15) is 0 Å². The van der Waals surface area contributed by atoms with Gasteiger partial charge in [-0.05, 0) is 107 Å². The highest BCUT2D eigenvalue weighted by Crippen LogP contribution is 2.41. The van der Waals surface area contributed by atoms with Gasteiger partial charge in [-0.1, -0.05) is 200 Å². The molecule has 0 saturated carbocycles. The molecule has 0 atom stereocenters. The quantitative estimate of drug-likeness (QED) is 0.119. The van der Waals surface area contributed by atoms with Crippen LogP contribution in [0.3, 0.4) is 0 Å². The summed E-state index contributed by atoms with van der Waals surface area (Å²) in [6.45, 7) is 0. The maximum atomic E-state index is 5.32. The Hall–Kier alpha value is -7.94. The summed E-state index contributed by atoms with van der Waals surface area (Å²) in [4.78, 5) is 10.6. The van der Waals surface area contributed by atoms with Gasteiger partial charge in [-0.3, -0.25) is 0 Å². The topological polar surface area (TPSA) is 25.8 Å². The molecule has 11 rings (SSSR count). The SMILES string of the molecule is c1ccc(-c2ccc(-c3nc(-c4ccc(-c5c6ccccc6cc6c5ccc5ccccc56)cc4)cc(-c4cc(-c5ccccc5)cc(-c5ccccc5)c4)n3)cc2)cc1. The number of hydrogen-bond acceptors (Lipinski definition) is 2. The Morgan fingerprint density at radius 3 is 1.30 bits per heavy atom. The van der Waals surface area contributed by atoms with Gasteiger partial charge in [0.25, 0.3) is 0 Å². The summed E-state index contributed by atoms with van der Waals surface area (Å²) in [5.74, 6) is 0.685. The Bertz CT molecular complexity index is 3260. The maximum Gasteiger partial charge on any atom is 0.160 e. The van der Waals surface area contributed by atoms with Crippen molar-refractivity contribution in [1.82, 2.24) is 9.97 Å². The average molecular weight is 763 g/mol. The van der Waals surface area contributed by atoms with Gasteiger partial charge in [-0.15, -0.1) is 0 Å². The minimum Gasteiger partial charge on any atom is -0.228 e. The normalized spacial score (nSPS) is 11.3. The van der Waals surface area contributed by atoms with Crippen LogP contribution in [-0.4, -0.2) is 9.97 Å². The van der Waals surface area contributed by atoms with E-state index in [-0.39, 0.29) is 0 Å². The Morgan fingerprint density at radius 1 is 0.217 bits per heavy atom. The summed E-state index contributed by atoms with van der Waals surface area (Å²) in [6, 6.07) is 82.4. The molecule has 0 saturated heterocycles. The van der Waals surface area contributed by atoms with Gasteiger partial charge < -0.3 is 0 Å². The minimum absolute atomic E-state index is 0.685. The van der Waals surface area contributed by atoms with Gasteiger partial charge in [-0.25, -0.2) is 9.97 Å². The summed E-state index contributed by atoms with van der Waals surface area (Å²) < 4.78 is 0. The first-order chi connectivity index (χ1) is 29.7. The van der Waals surface area contributed by atoms with Gasteiger partial charge in [-0.2, -0.15) is 0 Å². The lowest BCUT2D eigenvalue weighted by Gasteiger charge is -2.15. The fourth-order valence-electron chi connectivity index (χ4n) is 8.62. The molecule has 2 heteroatoms. The van der Waals surface area contributed by atoms with Crippen molar-refractivity contribution >= 4 is 32.3 Å². The van der Waals surface area contributed by atoms with E-state index in [4.69, 9.17) is 9.97 Å². The third kappa shape index (κ3) is 6.61. The lowest BCUT2D eigenvalue weighted by Crippen LogP contribution is -1.97. The van der Waals surface area contributed by atoms with Gasteiger partial charge >= 0.3 is 0 Å². The molecule has 10 aromatic carbocycles. The van der Waals surface area contributed by atoms with Gasteiger partial charge in [0, 0.05) is 16.7 Å². The van der Waals surface area contributed by atoms with Crippen molar-refractivity contribution in [3.63, 3.8) is 0 Å². The van der Waals surface area contributed by atoms with Gasteiger partial charge in [0.05, 0.1) is 11.4 Å². The second kappa shape index (κ2) is 15.1. The molecule has 0 aliphatic heterocycles. The van der Waals surface area contributed by atoms with Crippen LogP contribution in [0, 0.1) is 0 Å². The molecule has 0 aliphatic rings. The third-order valence-corrected chi connectivity index (χ3v) is 11.7. The zero-order valence-electron chi connectivity index (χ0n) is 32.8. The summed E-state index contributed by atoms with van der Waals surface area (Å²) in [6.07, 6.45) is 0. The number of benzene rings is 10. The number of fused-ring (bicyclic) bond motifs is 4. The summed E-state index contributed by atoms with van der Waals surface area (Å²) >= 11 is 0. The van der Waals surface area contributed by atoms with Crippen LogP contribution >= 0.6 is 0 Å². The zero-order valence-corrected chi connectivity index (χ0v) is 32.8. The Labute approximate surface area is 349 Å². The van der Waals surface area contributed by atoms with Crippen molar-refractivity contribution in [2.75, 3.05) is 0 Å². The van der Waals surface area contributed by atoms with Crippen LogP contribution in [0.15, 0.2) is 231 Å². The standard InChI is InChI=1S/C58H38N2/c1-4-14-39(15-5-1)42-24-30-46(31-25-42)58-59-55(38-56(60-58)50-35-48(40-16-6-2-7-17-40)34-49(36-50)41-18-8-3-9-19-41)44-26-28-45(29-27-44)57-52-23-13-11-21-47(52)37-54-51-22-12-10-20-43(51)32-33-53(54)57/h1-38H. The van der Waals surface area contributed by atoms with Crippen molar-refractivity contribution in [2.45, 2.75) is 0 Å². The molecule has 1 heterocycles. The third-order valence-electron chi connectivity index (χ3n) is 11.7.